The van der Waals surface area contributed by atoms with Crippen LogP contribution in [0.25, 0.3) is 0 Å². The number of aliphatic carboxylic acids is 1. The molecule has 0 amide bonds. The first-order valence-electron chi connectivity index (χ1n) is 3.19. The lowest BCUT2D eigenvalue weighted by Gasteiger charge is -2.01. The van der Waals surface area contributed by atoms with Gasteiger partial charge in [0.2, 0.25) is 0 Å². The molecule has 4 nitrogen and oxygen atoms in total. The molecule has 0 radical (unpaired) electrons. The van der Waals surface area contributed by atoms with E-state index >= 15 is 0 Å². The number of nitrogens with two attached hydrogens (primary N) is 1. The smallest absolute Gasteiger partial charge is 0.320 e. The Morgan fingerprint density at radius 3 is 3.00 bits per heavy atom. The van der Waals surface area contributed by atoms with Gasteiger partial charge in [-0.05, 0) is 11.6 Å². The van der Waals surface area contributed by atoms with Crippen LogP contribution in [0.5, 0.6) is 0 Å². The number of carbonyl (C=O) groups is 1. The molecule has 1 aromatic heterocycles. The summed E-state index contributed by atoms with van der Waals surface area (Å²) in [4.78, 5) is 10.3. The van der Waals surface area contributed by atoms with Crippen LogP contribution in [0.1, 0.15) is 5.56 Å². The average Bonchev–Trinajstić information content (AvgIpc) is 2.39. The highest BCUT2D eigenvalue weighted by molar-refractivity contribution is 5.73. The lowest BCUT2D eigenvalue weighted by atomic mass is 10.1. The standard InChI is InChI=1S/C7H9NO3/c8-6(7(9)10)3-5-1-2-11-4-5/h1-2,4,6H,3,8H2,(H,9,10). The first kappa shape index (κ1) is 7.81. The molecule has 0 fully saturated rings. The summed E-state index contributed by atoms with van der Waals surface area (Å²) in [7, 11) is 0. The Hall–Kier alpha value is -1.29. The molecule has 3 N–H and O–H groups in total. The molecule has 0 saturated carbocycles. The van der Waals surface area contributed by atoms with Crippen LogP contribution in [0.4, 0.5) is 0 Å². The van der Waals surface area contributed by atoms with Crippen molar-refractivity contribution in [3.8, 4) is 0 Å². The molecular weight excluding hydrogens is 146 g/mol. The summed E-state index contributed by atoms with van der Waals surface area (Å²) in [6, 6.07) is 0.857. The third-order valence-electron chi connectivity index (χ3n) is 1.35. The second-order valence-electron chi connectivity index (χ2n) is 2.28. The number of hydrogen-bond acceptors (Lipinski definition) is 3. The van der Waals surface area contributed by atoms with E-state index in [1.54, 1.807) is 6.07 Å². The van der Waals surface area contributed by atoms with Crippen LogP contribution in [-0.2, 0) is 11.2 Å². The fourth-order valence-corrected chi connectivity index (χ4v) is 0.750. The SMILES string of the molecule is NC(Cc1ccoc1)C(=O)O. The molecule has 0 aliphatic rings. The summed E-state index contributed by atoms with van der Waals surface area (Å²) in [6.07, 6.45) is 3.29. The van der Waals surface area contributed by atoms with E-state index in [1.807, 2.05) is 0 Å². The van der Waals surface area contributed by atoms with E-state index in [9.17, 15) is 4.79 Å². The molecule has 0 saturated heterocycles. The quantitative estimate of drug-likeness (QED) is 0.655. The van der Waals surface area contributed by atoms with Gasteiger partial charge in [-0.3, -0.25) is 4.79 Å². The molecule has 0 aliphatic carbocycles. The summed E-state index contributed by atoms with van der Waals surface area (Å²) in [5, 5.41) is 8.43. The Kier molecular flexibility index (Phi) is 2.28. The maximum atomic E-state index is 10.3. The Bertz CT molecular complexity index is 230. The second kappa shape index (κ2) is 3.21. The van der Waals surface area contributed by atoms with E-state index in [4.69, 9.17) is 15.3 Å². The maximum Gasteiger partial charge on any atom is 0.320 e. The van der Waals surface area contributed by atoms with Crippen LogP contribution in [0, 0.1) is 0 Å². The minimum Gasteiger partial charge on any atom is -0.480 e. The molecule has 0 aromatic carbocycles. The lowest BCUT2D eigenvalue weighted by Crippen LogP contribution is -2.32. The Morgan fingerprint density at radius 2 is 2.55 bits per heavy atom. The van der Waals surface area contributed by atoms with Crippen molar-refractivity contribution >= 4 is 5.97 Å². The molecule has 0 spiro atoms. The van der Waals surface area contributed by atoms with Crippen molar-refractivity contribution in [2.75, 3.05) is 0 Å². The van der Waals surface area contributed by atoms with Crippen molar-refractivity contribution in [1.29, 1.82) is 0 Å². The van der Waals surface area contributed by atoms with Gasteiger partial charge >= 0.3 is 5.97 Å². The van der Waals surface area contributed by atoms with E-state index in [2.05, 4.69) is 0 Å². The molecule has 1 heterocycles. The summed E-state index contributed by atoms with van der Waals surface area (Å²) >= 11 is 0. The van der Waals surface area contributed by atoms with Crippen LogP contribution in [0.15, 0.2) is 23.0 Å². The third kappa shape index (κ3) is 2.09. The highest BCUT2D eigenvalue weighted by Crippen LogP contribution is 2.02. The van der Waals surface area contributed by atoms with Gasteiger partial charge in [-0.15, -0.1) is 0 Å². The molecule has 1 unspecified atom stereocenters. The highest BCUT2D eigenvalue weighted by Gasteiger charge is 2.11. The first-order chi connectivity index (χ1) is 5.20. The molecule has 1 rings (SSSR count). The fraction of sp³-hybridized carbons (Fsp3) is 0.286. The largest absolute Gasteiger partial charge is 0.480 e. The van der Waals surface area contributed by atoms with Crippen molar-refractivity contribution in [2.45, 2.75) is 12.5 Å². The zero-order valence-corrected chi connectivity index (χ0v) is 5.86. The van der Waals surface area contributed by atoms with Gasteiger partial charge in [-0.25, -0.2) is 0 Å². The molecule has 1 aromatic rings. The summed E-state index contributed by atoms with van der Waals surface area (Å²) in [5.74, 6) is -0.994. The van der Waals surface area contributed by atoms with Gasteiger partial charge in [0.05, 0.1) is 12.5 Å². The van der Waals surface area contributed by atoms with Crippen LogP contribution in [0.3, 0.4) is 0 Å². The molecule has 0 bridgehead atoms. The van der Waals surface area contributed by atoms with Gasteiger partial charge in [0.1, 0.15) is 6.04 Å². The topological polar surface area (TPSA) is 76.5 Å². The number of carboxylic acids is 1. The van der Waals surface area contributed by atoms with E-state index in [0.717, 1.165) is 5.56 Å². The normalized spacial score (nSPS) is 12.8. The number of carboxylic acid groups (broad SMARTS) is 1. The first-order valence-corrected chi connectivity index (χ1v) is 3.19. The predicted octanol–water partition coefficient (Wildman–Crippen LogP) is 0.234. The van der Waals surface area contributed by atoms with Gasteiger partial charge < -0.3 is 15.3 Å². The zero-order valence-electron chi connectivity index (χ0n) is 5.86. The van der Waals surface area contributed by atoms with Gasteiger partial charge in [0.25, 0.3) is 0 Å². The summed E-state index contributed by atoms with van der Waals surface area (Å²) in [6.45, 7) is 0. The second-order valence-corrected chi connectivity index (χ2v) is 2.28. The van der Waals surface area contributed by atoms with Gasteiger partial charge in [0.15, 0.2) is 0 Å². The molecule has 1 atom stereocenters. The Morgan fingerprint density at radius 1 is 1.82 bits per heavy atom. The highest BCUT2D eigenvalue weighted by atomic mass is 16.4. The molecule has 0 aliphatic heterocycles. The van der Waals surface area contributed by atoms with Crippen molar-refractivity contribution in [1.82, 2.24) is 0 Å². The molecule has 60 valence electrons. The summed E-state index contributed by atoms with van der Waals surface area (Å²) in [5.41, 5.74) is 6.07. The number of furan rings is 1. The van der Waals surface area contributed by atoms with Crippen molar-refractivity contribution < 1.29 is 14.3 Å². The van der Waals surface area contributed by atoms with Gasteiger partial charge in [0, 0.05) is 6.42 Å². The molecular formula is C7H9NO3. The van der Waals surface area contributed by atoms with E-state index in [-0.39, 0.29) is 0 Å². The van der Waals surface area contributed by atoms with E-state index in [1.165, 1.54) is 12.5 Å². The van der Waals surface area contributed by atoms with Crippen LogP contribution in [0.2, 0.25) is 0 Å². The maximum absolute atomic E-state index is 10.3. The zero-order chi connectivity index (χ0) is 8.27. The minimum absolute atomic E-state index is 0.311. The monoisotopic (exact) mass is 155 g/mol. The number of hydrogen-bond donors (Lipinski definition) is 2. The van der Waals surface area contributed by atoms with Crippen molar-refractivity contribution in [3.05, 3.63) is 24.2 Å². The van der Waals surface area contributed by atoms with Crippen molar-refractivity contribution in [2.24, 2.45) is 5.73 Å². The van der Waals surface area contributed by atoms with Gasteiger partial charge in [-0.1, -0.05) is 0 Å². The summed E-state index contributed by atoms with van der Waals surface area (Å²) < 4.78 is 4.75. The molecule has 4 heteroatoms. The lowest BCUT2D eigenvalue weighted by molar-refractivity contribution is -0.138. The van der Waals surface area contributed by atoms with Crippen LogP contribution >= 0.6 is 0 Å². The van der Waals surface area contributed by atoms with E-state index < -0.39 is 12.0 Å². The fourth-order valence-electron chi connectivity index (χ4n) is 0.750. The predicted molar refractivity (Wildman–Crippen MR) is 38.0 cm³/mol. The molecule has 11 heavy (non-hydrogen) atoms. The minimum atomic E-state index is -0.994. The van der Waals surface area contributed by atoms with Crippen LogP contribution in [-0.4, -0.2) is 17.1 Å². The van der Waals surface area contributed by atoms with Crippen LogP contribution < -0.4 is 5.73 Å². The Balaban J connectivity index is 2.50. The number of rotatable bonds is 3. The third-order valence-corrected chi connectivity index (χ3v) is 1.35. The van der Waals surface area contributed by atoms with Crippen molar-refractivity contribution in [3.63, 3.8) is 0 Å². The Labute approximate surface area is 63.6 Å². The average molecular weight is 155 g/mol. The van der Waals surface area contributed by atoms with Gasteiger partial charge in [-0.2, -0.15) is 0 Å². The van der Waals surface area contributed by atoms with E-state index in [0.29, 0.717) is 6.42 Å².